The van der Waals surface area contributed by atoms with Crippen LogP contribution >= 0.6 is 24.0 Å². The molecule has 1 amide bonds. The number of aromatic nitrogens is 3. The summed E-state index contributed by atoms with van der Waals surface area (Å²) in [5.74, 6) is 1.64. The van der Waals surface area contributed by atoms with Crippen LogP contribution in [0.3, 0.4) is 0 Å². The first kappa shape index (κ1) is 24.1. The number of para-hydroxylation sites is 1. The Morgan fingerprint density at radius 3 is 2.53 bits per heavy atom. The van der Waals surface area contributed by atoms with E-state index in [1.165, 1.54) is 0 Å². The van der Waals surface area contributed by atoms with Crippen LogP contribution < -0.4 is 10.6 Å². The van der Waals surface area contributed by atoms with Crippen molar-refractivity contribution < 1.29 is 4.79 Å². The van der Waals surface area contributed by atoms with Gasteiger partial charge in [-0.25, -0.2) is 4.99 Å². The highest BCUT2D eigenvalue weighted by atomic mass is 127. The molecule has 2 aromatic rings. The second-order valence-corrected chi connectivity index (χ2v) is 7.69. The van der Waals surface area contributed by atoms with Crippen molar-refractivity contribution in [3.05, 3.63) is 42.5 Å². The van der Waals surface area contributed by atoms with Crippen molar-refractivity contribution in [1.29, 1.82) is 0 Å². The highest BCUT2D eigenvalue weighted by Crippen LogP contribution is 2.38. The van der Waals surface area contributed by atoms with Crippen LogP contribution in [0.5, 0.6) is 0 Å². The van der Waals surface area contributed by atoms with Gasteiger partial charge in [0.15, 0.2) is 11.8 Å². The van der Waals surface area contributed by atoms with Gasteiger partial charge >= 0.3 is 0 Å². The number of amides is 1. The third-order valence-corrected chi connectivity index (χ3v) is 5.39. The Bertz CT molecular complexity index is 829. The molecule has 3 rings (SSSR count). The topological polar surface area (TPSA) is 87.4 Å². The van der Waals surface area contributed by atoms with Crippen molar-refractivity contribution in [1.82, 2.24) is 30.3 Å². The van der Waals surface area contributed by atoms with Crippen molar-refractivity contribution in [3.8, 4) is 5.69 Å². The van der Waals surface area contributed by atoms with Gasteiger partial charge in [-0.15, -0.1) is 34.2 Å². The molecule has 1 fully saturated rings. The molecule has 1 heterocycles. The van der Waals surface area contributed by atoms with Crippen LogP contribution in [0.15, 0.2) is 41.7 Å². The number of hydrogen-bond donors (Lipinski definition) is 2. The van der Waals surface area contributed by atoms with Gasteiger partial charge in [-0.2, -0.15) is 0 Å². The first-order chi connectivity index (χ1) is 14.1. The predicted molar refractivity (Wildman–Crippen MR) is 129 cm³/mol. The fourth-order valence-electron chi connectivity index (χ4n) is 3.91. The van der Waals surface area contributed by atoms with E-state index in [4.69, 9.17) is 0 Å². The molecule has 0 spiro atoms. The number of nitrogens with one attached hydrogen (secondary N) is 2. The van der Waals surface area contributed by atoms with Crippen LogP contribution in [-0.2, 0) is 11.3 Å². The first-order valence-electron chi connectivity index (χ1n) is 10.2. The standard InChI is InChI=1S/C21H31N7O.HI/c1-4-22-20(24-15-21(12-8-9-13-21)19(29)27(2)3)23-14-18-26-25-16-28(18)17-10-6-5-7-11-17;/h5-7,10-11,16H,4,8-9,12-15H2,1-3H3,(H2,22,23,24);1H. The largest absolute Gasteiger partial charge is 0.357 e. The Hall–Kier alpha value is -2.17. The minimum Gasteiger partial charge on any atom is -0.357 e. The lowest BCUT2D eigenvalue weighted by Gasteiger charge is -2.31. The summed E-state index contributed by atoms with van der Waals surface area (Å²) in [6.07, 6.45) is 5.71. The number of nitrogens with zero attached hydrogens (tertiary/aromatic N) is 5. The molecule has 0 radical (unpaired) electrons. The molecule has 8 nitrogen and oxygen atoms in total. The summed E-state index contributed by atoms with van der Waals surface area (Å²) < 4.78 is 1.93. The Morgan fingerprint density at radius 1 is 1.20 bits per heavy atom. The fraction of sp³-hybridized carbons (Fsp3) is 0.524. The van der Waals surface area contributed by atoms with Gasteiger partial charge in [0, 0.05) is 32.9 Å². The zero-order valence-corrected chi connectivity index (χ0v) is 20.3. The van der Waals surface area contributed by atoms with E-state index >= 15 is 0 Å². The Kier molecular flexibility index (Phi) is 9.07. The molecule has 0 saturated heterocycles. The zero-order chi connectivity index (χ0) is 20.7. The van der Waals surface area contributed by atoms with Crippen molar-refractivity contribution in [2.75, 3.05) is 27.2 Å². The van der Waals surface area contributed by atoms with E-state index in [-0.39, 0.29) is 35.3 Å². The minimum absolute atomic E-state index is 0. The van der Waals surface area contributed by atoms with Gasteiger partial charge in [0.25, 0.3) is 0 Å². The van der Waals surface area contributed by atoms with E-state index in [1.807, 2.05) is 55.9 Å². The summed E-state index contributed by atoms with van der Waals surface area (Å²) in [6.45, 7) is 3.74. The number of rotatable bonds is 7. The smallest absolute Gasteiger partial charge is 0.230 e. The lowest BCUT2D eigenvalue weighted by Crippen LogP contribution is -2.49. The van der Waals surface area contributed by atoms with Gasteiger partial charge in [-0.05, 0) is 31.9 Å². The average molecular weight is 525 g/mol. The molecule has 9 heteroatoms. The van der Waals surface area contributed by atoms with E-state index in [0.717, 1.165) is 43.7 Å². The number of hydrogen-bond acceptors (Lipinski definition) is 4. The van der Waals surface area contributed by atoms with Gasteiger partial charge in [-0.1, -0.05) is 31.0 Å². The number of aliphatic imine (C=N–C) groups is 1. The summed E-state index contributed by atoms with van der Waals surface area (Å²) in [6, 6.07) is 9.97. The van der Waals surface area contributed by atoms with Crippen LogP contribution in [-0.4, -0.2) is 58.7 Å². The molecule has 0 aliphatic heterocycles. The summed E-state index contributed by atoms with van der Waals surface area (Å²) in [4.78, 5) is 19.2. The maximum absolute atomic E-state index is 12.8. The lowest BCUT2D eigenvalue weighted by atomic mass is 9.84. The molecule has 164 valence electrons. The number of carbonyl (C=O) groups is 1. The molecule has 1 saturated carbocycles. The van der Waals surface area contributed by atoms with Crippen molar-refractivity contribution in [3.63, 3.8) is 0 Å². The third-order valence-electron chi connectivity index (χ3n) is 5.39. The Morgan fingerprint density at radius 2 is 1.90 bits per heavy atom. The summed E-state index contributed by atoms with van der Waals surface area (Å²) >= 11 is 0. The van der Waals surface area contributed by atoms with Gasteiger partial charge in [0.2, 0.25) is 5.91 Å². The summed E-state index contributed by atoms with van der Waals surface area (Å²) in [5.41, 5.74) is 0.658. The number of halogens is 1. The van der Waals surface area contributed by atoms with Crippen molar-refractivity contribution in [2.45, 2.75) is 39.2 Å². The maximum Gasteiger partial charge on any atom is 0.230 e. The molecule has 0 unspecified atom stereocenters. The second kappa shape index (κ2) is 11.3. The Labute approximate surface area is 195 Å². The Balaban J connectivity index is 0.00000320. The van der Waals surface area contributed by atoms with Crippen LogP contribution in [0, 0.1) is 5.41 Å². The molecule has 1 aromatic heterocycles. The quantitative estimate of drug-likeness (QED) is 0.330. The minimum atomic E-state index is -0.343. The maximum atomic E-state index is 12.8. The molecule has 0 atom stereocenters. The number of carbonyl (C=O) groups excluding carboxylic acids is 1. The highest BCUT2D eigenvalue weighted by molar-refractivity contribution is 14.0. The van der Waals surface area contributed by atoms with Crippen LogP contribution in [0.2, 0.25) is 0 Å². The van der Waals surface area contributed by atoms with Crippen molar-refractivity contribution >= 4 is 35.8 Å². The van der Waals surface area contributed by atoms with E-state index in [9.17, 15) is 4.79 Å². The predicted octanol–water partition coefficient (Wildman–Crippen LogP) is 2.59. The highest BCUT2D eigenvalue weighted by Gasteiger charge is 2.42. The zero-order valence-electron chi connectivity index (χ0n) is 18.0. The lowest BCUT2D eigenvalue weighted by molar-refractivity contribution is -0.138. The monoisotopic (exact) mass is 525 g/mol. The molecule has 1 aromatic carbocycles. The molecule has 2 N–H and O–H groups in total. The average Bonchev–Trinajstić information content (AvgIpc) is 3.40. The van der Waals surface area contributed by atoms with Gasteiger partial charge in [-0.3, -0.25) is 9.36 Å². The molecule has 30 heavy (non-hydrogen) atoms. The molecule has 1 aliphatic carbocycles. The molecule has 1 aliphatic rings. The summed E-state index contributed by atoms with van der Waals surface area (Å²) in [7, 11) is 3.66. The normalized spacial score (nSPS) is 15.4. The number of guanidine groups is 1. The van der Waals surface area contributed by atoms with E-state index in [2.05, 4.69) is 25.8 Å². The van der Waals surface area contributed by atoms with E-state index in [0.29, 0.717) is 19.0 Å². The van der Waals surface area contributed by atoms with Crippen LogP contribution in [0.4, 0.5) is 0 Å². The van der Waals surface area contributed by atoms with E-state index in [1.54, 1.807) is 11.2 Å². The molecular formula is C21H32IN7O. The second-order valence-electron chi connectivity index (χ2n) is 7.69. The van der Waals surface area contributed by atoms with Crippen LogP contribution in [0.1, 0.15) is 38.4 Å². The first-order valence-corrected chi connectivity index (χ1v) is 10.2. The van der Waals surface area contributed by atoms with Crippen molar-refractivity contribution in [2.24, 2.45) is 10.4 Å². The third kappa shape index (κ3) is 5.71. The van der Waals surface area contributed by atoms with E-state index < -0.39 is 0 Å². The molecular weight excluding hydrogens is 493 g/mol. The SMILES string of the molecule is CCNC(=NCc1nncn1-c1ccccc1)NCC1(C(=O)N(C)C)CCCC1.I. The van der Waals surface area contributed by atoms with Gasteiger partial charge < -0.3 is 15.5 Å². The summed E-state index contributed by atoms with van der Waals surface area (Å²) in [5, 5.41) is 14.9. The number of benzene rings is 1. The van der Waals surface area contributed by atoms with Crippen LogP contribution in [0.25, 0.3) is 5.69 Å². The van der Waals surface area contributed by atoms with Gasteiger partial charge in [0.1, 0.15) is 12.9 Å². The fourth-order valence-corrected chi connectivity index (χ4v) is 3.91. The van der Waals surface area contributed by atoms with Gasteiger partial charge in [0.05, 0.1) is 5.41 Å². The molecule has 0 bridgehead atoms.